The Morgan fingerprint density at radius 1 is 1.03 bits per heavy atom. The van der Waals surface area contributed by atoms with Crippen molar-refractivity contribution < 1.29 is 14.4 Å². The summed E-state index contributed by atoms with van der Waals surface area (Å²) >= 11 is 6.14. The van der Waals surface area contributed by atoms with E-state index in [1.54, 1.807) is 0 Å². The van der Waals surface area contributed by atoms with Crippen molar-refractivity contribution in [3.05, 3.63) is 40.9 Å². The fourth-order valence-electron chi connectivity index (χ4n) is 5.67. The number of hydrogen-bond acceptors (Lipinski definition) is 4. The summed E-state index contributed by atoms with van der Waals surface area (Å²) in [5, 5.41) is 0.711. The predicted molar refractivity (Wildman–Crippen MR) is 114 cm³/mol. The Kier molecular flexibility index (Phi) is 4.85. The maximum Gasteiger partial charge on any atom is 0.233 e. The summed E-state index contributed by atoms with van der Waals surface area (Å²) in [6.07, 6.45) is 5.31. The van der Waals surface area contributed by atoms with Crippen LogP contribution < -0.4 is 4.90 Å². The topological polar surface area (TPSA) is 60.9 Å². The Hall–Kier alpha value is -2.34. The zero-order valence-electron chi connectivity index (χ0n) is 17.1. The molecule has 3 amide bonds. The summed E-state index contributed by atoms with van der Waals surface area (Å²) in [7, 11) is 0. The van der Waals surface area contributed by atoms with Crippen LogP contribution >= 0.6 is 11.6 Å². The van der Waals surface area contributed by atoms with Crippen molar-refractivity contribution in [1.82, 2.24) is 9.80 Å². The summed E-state index contributed by atoms with van der Waals surface area (Å²) < 4.78 is 0. The van der Waals surface area contributed by atoms with Crippen molar-refractivity contribution in [2.24, 2.45) is 23.7 Å². The van der Waals surface area contributed by atoms with Crippen molar-refractivity contribution in [3.8, 4) is 0 Å². The largest absolute Gasteiger partial charge is 0.368 e. The maximum absolute atomic E-state index is 12.8. The van der Waals surface area contributed by atoms with Crippen LogP contribution in [0.2, 0.25) is 5.02 Å². The molecule has 1 aromatic rings. The first kappa shape index (κ1) is 19.6. The monoisotopic (exact) mass is 427 g/mol. The Bertz CT molecular complexity index is 908. The highest BCUT2D eigenvalue weighted by Crippen LogP contribution is 2.52. The third-order valence-electron chi connectivity index (χ3n) is 7.26. The van der Waals surface area contributed by atoms with Gasteiger partial charge in [0.25, 0.3) is 0 Å². The van der Waals surface area contributed by atoms with E-state index < -0.39 is 0 Å². The van der Waals surface area contributed by atoms with Crippen molar-refractivity contribution in [2.75, 3.05) is 37.6 Å². The molecule has 6 nitrogen and oxygen atoms in total. The number of piperazine rings is 1. The number of hydrogen-bond donors (Lipinski definition) is 0. The summed E-state index contributed by atoms with van der Waals surface area (Å²) in [6.45, 7) is 5.01. The molecule has 0 radical (unpaired) electrons. The summed E-state index contributed by atoms with van der Waals surface area (Å²) in [5.41, 5.74) is 2.27. The van der Waals surface area contributed by atoms with E-state index in [9.17, 15) is 14.4 Å². The number of benzene rings is 1. The molecule has 4 atom stereocenters. The van der Waals surface area contributed by atoms with Crippen LogP contribution in [-0.2, 0) is 14.4 Å². The first-order chi connectivity index (χ1) is 14.4. The number of aryl methyl sites for hydroxylation is 1. The van der Waals surface area contributed by atoms with Gasteiger partial charge >= 0.3 is 0 Å². The minimum atomic E-state index is -0.188. The maximum atomic E-state index is 12.8. The molecule has 30 heavy (non-hydrogen) atoms. The van der Waals surface area contributed by atoms with Gasteiger partial charge in [0.05, 0.1) is 11.8 Å². The van der Waals surface area contributed by atoms with Crippen molar-refractivity contribution >= 4 is 35.0 Å². The van der Waals surface area contributed by atoms with E-state index in [0.717, 1.165) is 25.2 Å². The smallest absolute Gasteiger partial charge is 0.233 e. The number of carbonyl (C=O) groups excluding carboxylic acids is 3. The molecule has 2 bridgehead atoms. The molecule has 2 saturated heterocycles. The SMILES string of the molecule is Cc1ccc(Cl)cc1N1CCN(C(=O)CCN2C(=O)[C@@H]3[C@H](C2=O)[C@H]2C=C[C@H]3C2)CC1. The molecule has 2 aliphatic heterocycles. The lowest BCUT2D eigenvalue weighted by molar-refractivity contribution is -0.141. The van der Waals surface area contributed by atoms with E-state index in [-0.39, 0.29) is 54.4 Å². The zero-order chi connectivity index (χ0) is 21.0. The van der Waals surface area contributed by atoms with Gasteiger partial charge in [-0.15, -0.1) is 0 Å². The number of amides is 3. The normalized spacial score (nSPS) is 29.9. The number of rotatable bonds is 4. The number of halogens is 1. The Morgan fingerprint density at radius 3 is 2.30 bits per heavy atom. The van der Waals surface area contributed by atoms with Crippen LogP contribution in [0.3, 0.4) is 0 Å². The summed E-state index contributed by atoms with van der Waals surface area (Å²) in [5.74, 6) is -0.0949. The minimum absolute atomic E-state index is 0.0104. The molecule has 5 rings (SSSR count). The van der Waals surface area contributed by atoms with Crippen LogP contribution in [0, 0.1) is 30.6 Å². The number of nitrogens with zero attached hydrogens (tertiary/aromatic N) is 3. The number of likely N-dealkylation sites (tertiary alicyclic amines) is 1. The van der Waals surface area contributed by atoms with Crippen LogP contribution in [0.25, 0.3) is 0 Å². The molecular weight excluding hydrogens is 402 g/mol. The second-order valence-electron chi connectivity index (χ2n) is 8.88. The molecule has 0 aromatic heterocycles. The van der Waals surface area contributed by atoms with Gasteiger partial charge in [-0.1, -0.05) is 29.8 Å². The highest BCUT2D eigenvalue weighted by atomic mass is 35.5. The van der Waals surface area contributed by atoms with E-state index in [1.165, 1.54) is 10.5 Å². The summed E-state index contributed by atoms with van der Waals surface area (Å²) in [6, 6.07) is 5.87. The molecule has 0 unspecified atom stereocenters. The fraction of sp³-hybridized carbons (Fsp3) is 0.522. The molecule has 158 valence electrons. The van der Waals surface area contributed by atoms with Crippen molar-refractivity contribution in [2.45, 2.75) is 19.8 Å². The van der Waals surface area contributed by atoms with Gasteiger partial charge in [-0.25, -0.2) is 0 Å². The van der Waals surface area contributed by atoms with E-state index in [1.807, 2.05) is 23.1 Å². The van der Waals surface area contributed by atoms with Crippen molar-refractivity contribution in [1.29, 1.82) is 0 Å². The predicted octanol–water partition coefficient (Wildman–Crippen LogP) is 2.49. The quantitative estimate of drug-likeness (QED) is 0.547. The van der Waals surface area contributed by atoms with Crippen LogP contribution in [0.1, 0.15) is 18.4 Å². The molecule has 1 saturated carbocycles. The molecule has 4 aliphatic rings. The molecule has 7 heteroatoms. The van der Waals surface area contributed by atoms with Gasteiger partial charge in [-0.05, 0) is 42.9 Å². The number of carbonyl (C=O) groups is 3. The Morgan fingerprint density at radius 2 is 1.67 bits per heavy atom. The van der Waals surface area contributed by atoms with Gasteiger partial charge in [0.2, 0.25) is 17.7 Å². The van der Waals surface area contributed by atoms with Crippen LogP contribution in [0.4, 0.5) is 5.69 Å². The fourth-order valence-corrected chi connectivity index (χ4v) is 5.84. The van der Waals surface area contributed by atoms with E-state index >= 15 is 0 Å². The first-order valence-electron chi connectivity index (χ1n) is 10.8. The van der Waals surface area contributed by atoms with E-state index in [4.69, 9.17) is 11.6 Å². The molecule has 1 aromatic carbocycles. The van der Waals surface area contributed by atoms with Gasteiger partial charge in [0.1, 0.15) is 0 Å². The molecule has 0 N–H and O–H groups in total. The average molecular weight is 428 g/mol. The van der Waals surface area contributed by atoms with Crippen LogP contribution in [0.5, 0.6) is 0 Å². The van der Waals surface area contributed by atoms with Gasteiger partial charge in [0, 0.05) is 49.9 Å². The number of imide groups is 1. The molecule has 2 heterocycles. The van der Waals surface area contributed by atoms with Gasteiger partial charge in [0.15, 0.2) is 0 Å². The highest BCUT2D eigenvalue weighted by Gasteiger charge is 2.59. The zero-order valence-corrected chi connectivity index (χ0v) is 17.8. The van der Waals surface area contributed by atoms with E-state index in [0.29, 0.717) is 18.1 Å². The molecule has 2 aliphatic carbocycles. The lowest BCUT2D eigenvalue weighted by atomic mass is 9.85. The second-order valence-corrected chi connectivity index (χ2v) is 9.31. The van der Waals surface area contributed by atoms with Crippen LogP contribution in [-0.4, -0.2) is 60.2 Å². The third kappa shape index (κ3) is 3.13. The standard InChI is InChI=1S/C23H26ClN3O3/c1-14-2-5-17(24)13-18(14)25-8-10-26(11-9-25)19(28)6-7-27-22(29)20-15-3-4-16(12-15)21(20)23(27)30/h2-5,13,15-16,20-21H,6-12H2,1H3/t15-,16-,20-,21+/m0/s1. The summed E-state index contributed by atoms with van der Waals surface area (Å²) in [4.78, 5) is 43.7. The van der Waals surface area contributed by atoms with Crippen molar-refractivity contribution in [3.63, 3.8) is 0 Å². The number of fused-ring (bicyclic) bond motifs is 5. The Labute approximate surface area is 181 Å². The third-order valence-corrected chi connectivity index (χ3v) is 7.49. The molecular formula is C23H26ClN3O3. The molecule has 3 fully saturated rings. The van der Waals surface area contributed by atoms with Gasteiger partial charge in [-0.2, -0.15) is 0 Å². The number of allylic oxidation sites excluding steroid dienone is 2. The highest BCUT2D eigenvalue weighted by molar-refractivity contribution is 6.30. The second kappa shape index (κ2) is 7.41. The minimum Gasteiger partial charge on any atom is -0.368 e. The number of anilines is 1. The van der Waals surface area contributed by atoms with E-state index in [2.05, 4.69) is 24.0 Å². The average Bonchev–Trinajstić information content (AvgIpc) is 3.43. The van der Waals surface area contributed by atoms with Gasteiger partial charge < -0.3 is 9.80 Å². The van der Waals surface area contributed by atoms with Gasteiger partial charge in [-0.3, -0.25) is 19.3 Å². The lowest BCUT2D eigenvalue weighted by Gasteiger charge is -2.37. The first-order valence-corrected chi connectivity index (χ1v) is 11.1. The lowest BCUT2D eigenvalue weighted by Crippen LogP contribution is -2.49. The van der Waals surface area contributed by atoms with Crippen LogP contribution in [0.15, 0.2) is 30.4 Å². The Balaban J connectivity index is 1.15. The molecule has 0 spiro atoms.